The first kappa shape index (κ1) is 28.8. The summed E-state index contributed by atoms with van der Waals surface area (Å²) in [6.07, 6.45) is 2.14. The van der Waals surface area contributed by atoms with E-state index in [2.05, 4.69) is 16.0 Å². The van der Waals surface area contributed by atoms with E-state index in [-0.39, 0.29) is 12.3 Å². The summed E-state index contributed by atoms with van der Waals surface area (Å²) in [7, 11) is 0. The third kappa shape index (κ3) is 10.1. The molecule has 3 amide bonds. The molecule has 0 spiro atoms. The summed E-state index contributed by atoms with van der Waals surface area (Å²) in [6.45, 7) is 6.65. The van der Waals surface area contributed by atoms with Gasteiger partial charge in [-0.2, -0.15) is 0 Å². The van der Waals surface area contributed by atoms with Gasteiger partial charge in [0.25, 0.3) is 0 Å². The maximum Gasteiger partial charge on any atom is 0.326 e. The molecule has 11 heteroatoms. The van der Waals surface area contributed by atoms with Gasteiger partial charge >= 0.3 is 5.97 Å². The summed E-state index contributed by atoms with van der Waals surface area (Å²) < 4.78 is 0. The van der Waals surface area contributed by atoms with E-state index >= 15 is 0 Å². The van der Waals surface area contributed by atoms with Gasteiger partial charge in [0.2, 0.25) is 17.7 Å². The number of carbonyl (C=O) groups excluding carboxylic acids is 3. The first-order valence-electron chi connectivity index (χ1n) is 10.7. The maximum atomic E-state index is 12.8. The van der Waals surface area contributed by atoms with Crippen molar-refractivity contribution in [3.63, 3.8) is 0 Å². The van der Waals surface area contributed by atoms with Crippen molar-refractivity contribution in [2.24, 2.45) is 23.3 Å². The van der Waals surface area contributed by atoms with Crippen LogP contribution < -0.4 is 27.4 Å². The van der Waals surface area contributed by atoms with Gasteiger partial charge in [0.1, 0.15) is 18.1 Å². The van der Waals surface area contributed by atoms with E-state index in [0.717, 1.165) is 0 Å². The number of aliphatic hydroxyl groups excluding tert-OH is 1. The molecule has 0 aliphatic carbocycles. The molecule has 11 nitrogen and oxygen atoms in total. The molecule has 5 atom stereocenters. The highest BCUT2D eigenvalue weighted by molar-refractivity contribution is 5.94. The average molecular weight is 446 g/mol. The summed E-state index contributed by atoms with van der Waals surface area (Å²) in [6, 6.07) is -4.32. The van der Waals surface area contributed by atoms with E-state index in [1.165, 1.54) is 0 Å². The Kier molecular flexibility index (Phi) is 13.6. The summed E-state index contributed by atoms with van der Waals surface area (Å²) in [5.74, 6) is -3.71. The molecular formula is C20H39N5O6. The van der Waals surface area contributed by atoms with Gasteiger partial charge in [0.05, 0.1) is 12.6 Å². The van der Waals surface area contributed by atoms with Crippen molar-refractivity contribution in [2.75, 3.05) is 13.2 Å². The number of unbranched alkanes of at least 4 members (excludes halogenated alkanes) is 1. The lowest BCUT2D eigenvalue weighted by molar-refractivity contribution is -0.143. The number of hydrogen-bond donors (Lipinski definition) is 7. The van der Waals surface area contributed by atoms with Gasteiger partial charge in [-0.05, 0) is 37.6 Å². The molecule has 0 aromatic heterocycles. The minimum Gasteiger partial charge on any atom is -0.480 e. The van der Waals surface area contributed by atoms with E-state index in [9.17, 15) is 29.4 Å². The van der Waals surface area contributed by atoms with Crippen LogP contribution in [0.4, 0.5) is 0 Å². The smallest absolute Gasteiger partial charge is 0.326 e. The molecule has 9 N–H and O–H groups in total. The van der Waals surface area contributed by atoms with Crippen LogP contribution in [0, 0.1) is 11.8 Å². The summed E-state index contributed by atoms with van der Waals surface area (Å²) >= 11 is 0. The topological polar surface area (TPSA) is 197 Å². The molecule has 180 valence electrons. The van der Waals surface area contributed by atoms with Gasteiger partial charge in [-0.1, -0.05) is 34.1 Å². The standard InChI is InChI=1S/C20H39N5O6/c1-5-12(4)15(22)19(29)23-13(8-6-7-9-21)17(27)24-14(10-26)18(28)25-16(11(2)3)20(30)31/h11-16,26H,5-10,21-22H2,1-4H3,(H,23,29)(H,24,27)(H,25,28)(H,30,31). The Morgan fingerprint density at radius 3 is 1.90 bits per heavy atom. The lowest BCUT2D eigenvalue weighted by Crippen LogP contribution is -2.59. The molecule has 0 saturated heterocycles. The highest BCUT2D eigenvalue weighted by Crippen LogP contribution is 2.08. The third-order valence-electron chi connectivity index (χ3n) is 5.19. The number of carboxylic acid groups (broad SMARTS) is 1. The Balaban J connectivity index is 5.27. The number of carbonyl (C=O) groups is 4. The molecule has 31 heavy (non-hydrogen) atoms. The Bertz CT molecular complexity index is 601. The van der Waals surface area contributed by atoms with E-state index in [1.54, 1.807) is 13.8 Å². The minimum absolute atomic E-state index is 0.0901. The quantitative estimate of drug-likeness (QED) is 0.150. The molecule has 0 rings (SSSR count). The summed E-state index contributed by atoms with van der Waals surface area (Å²) in [5.41, 5.74) is 11.4. The number of nitrogens with one attached hydrogen (secondary N) is 3. The van der Waals surface area contributed by atoms with Gasteiger partial charge in [-0.15, -0.1) is 0 Å². The Morgan fingerprint density at radius 1 is 0.903 bits per heavy atom. The number of aliphatic carboxylic acids is 1. The van der Waals surface area contributed by atoms with Crippen LogP contribution in [0.1, 0.15) is 53.4 Å². The van der Waals surface area contributed by atoms with E-state index in [0.29, 0.717) is 25.8 Å². The van der Waals surface area contributed by atoms with Crippen molar-refractivity contribution in [1.29, 1.82) is 0 Å². The molecule has 0 saturated carbocycles. The predicted molar refractivity (Wildman–Crippen MR) is 116 cm³/mol. The zero-order chi connectivity index (χ0) is 24.1. The molecule has 0 heterocycles. The van der Waals surface area contributed by atoms with Crippen LogP contribution in [-0.2, 0) is 19.2 Å². The van der Waals surface area contributed by atoms with Gasteiger partial charge in [-0.25, -0.2) is 4.79 Å². The highest BCUT2D eigenvalue weighted by atomic mass is 16.4. The fraction of sp³-hybridized carbons (Fsp3) is 0.800. The van der Waals surface area contributed by atoms with Gasteiger partial charge in [0.15, 0.2) is 0 Å². The van der Waals surface area contributed by atoms with Crippen molar-refractivity contribution < 1.29 is 29.4 Å². The van der Waals surface area contributed by atoms with E-state index in [4.69, 9.17) is 11.5 Å². The maximum absolute atomic E-state index is 12.8. The zero-order valence-corrected chi connectivity index (χ0v) is 18.9. The van der Waals surface area contributed by atoms with Crippen LogP contribution in [0.2, 0.25) is 0 Å². The average Bonchev–Trinajstić information content (AvgIpc) is 2.72. The second-order valence-corrected chi connectivity index (χ2v) is 8.07. The van der Waals surface area contributed by atoms with Crippen LogP contribution >= 0.6 is 0 Å². The summed E-state index contributed by atoms with van der Waals surface area (Å²) in [4.78, 5) is 48.9. The number of aliphatic hydroxyl groups is 1. The van der Waals surface area contributed by atoms with Crippen molar-refractivity contribution >= 4 is 23.7 Å². The molecule has 0 aromatic rings. The van der Waals surface area contributed by atoms with Crippen molar-refractivity contribution in [3.8, 4) is 0 Å². The van der Waals surface area contributed by atoms with E-state index in [1.807, 2.05) is 13.8 Å². The Labute approximate surface area is 183 Å². The first-order chi connectivity index (χ1) is 14.5. The van der Waals surface area contributed by atoms with E-state index < -0.39 is 60.4 Å². The molecule has 0 radical (unpaired) electrons. The Hall–Kier alpha value is -2.24. The van der Waals surface area contributed by atoms with Crippen LogP contribution in [-0.4, -0.2) is 71.2 Å². The highest BCUT2D eigenvalue weighted by Gasteiger charge is 2.31. The first-order valence-corrected chi connectivity index (χ1v) is 10.7. The van der Waals surface area contributed by atoms with Crippen LogP contribution in [0.5, 0.6) is 0 Å². The van der Waals surface area contributed by atoms with Crippen molar-refractivity contribution in [3.05, 3.63) is 0 Å². The molecule has 0 aliphatic rings. The second-order valence-electron chi connectivity index (χ2n) is 8.07. The lowest BCUT2D eigenvalue weighted by Gasteiger charge is -2.26. The van der Waals surface area contributed by atoms with Gasteiger partial charge in [0, 0.05) is 0 Å². The zero-order valence-electron chi connectivity index (χ0n) is 18.9. The number of amides is 3. The molecule has 0 aliphatic heterocycles. The molecule has 5 unspecified atom stereocenters. The SMILES string of the molecule is CCC(C)C(N)C(=O)NC(CCCCN)C(=O)NC(CO)C(=O)NC(C(=O)O)C(C)C. The molecule has 0 aromatic carbocycles. The van der Waals surface area contributed by atoms with Crippen LogP contribution in [0.3, 0.4) is 0 Å². The van der Waals surface area contributed by atoms with Crippen molar-refractivity contribution in [1.82, 2.24) is 16.0 Å². The lowest BCUT2D eigenvalue weighted by atomic mass is 9.98. The monoisotopic (exact) mass is 445 g/mol. The largest absolute Gasteiger partial charge is 0.480 e. The predicted octanol–water partition coefficient (Wildman–Crippen LogP) is -1.32. The fourth-order valence-corrected chi connectivity index (χ4v) is 2.78. The number of hydrogen-bond acceptors (Lipinski definition) is 7. The van der Waals surface area contributed by atoms with Crippen LogP contribution in [0.25, 0.3) is 0 Å². The van der Waals surface area contributed by atoms with Crippen LogP contribution in [0.15, 0.2) is 0 Å². The Morgan fingerprint density at radius 2 is 1.45 bits per heavy atom. The van der Waals surface area contributed by atoms with Crippen molar-refractivity contribution in [2.45, 2.75) is 77.5 Å². The molecule has 0 fully saturated rings. The normalized spacial score (nSPS) is 16.0. The number of nitrogens with two attached hydrogens (primary N) is 2. The second kappa shape index (κ2) is 14.7. The third-order valence-corrected chi connectivity index (χ3v) is 5.19. The minimum atomic E-state index is -1.37. The number of rotatable bonds is 15. The number of carboxylic acids is 1. The summed E-state index contributed by atoms with van der Waals surface area (Å²) in [5, 5.41) is 26.1. The fourth-order valence-electron chi connectivity index (χ4n) is 2.78. The van der Waals surface area contributed by atoms with Gasteiger partial charge < -0.3 is 37.6 Å². The molecule has 0 bridgehead atoms. The molecular weight excluding hydrogens is 406 g/mol. The van der Waals surface area contributed by atoms with Gasteiger partial charge in [-0.3, -0.25) is 14.4 Å².